The lowest BCUT2D eigenvalue weighted by atomic mass is 9.97. The highest BCUT2D eigenvalue weighted by atomic mass is 35.5. The summed E-state index contributed by atoms with van der Waals surface area (Å²) >= 11 is 6.03. The lowest BCUT2D eigenvalue weighted by Gasteiger charge is -2.22. The molecule has 1 aliphatic heterocycles. The van der Waals surface area contributed by atoms with Crippen LogP contribution in [0.15, 0.2) is 18.2 Å². The molecule has 0 aliphatic carbocycles. The molecular weight excluding hydrogens is 304 g/mol. The van der Waals surface area contributed by atoms with Gasteiger partial charge in [0.25, 0.3) is 0 Å². The molecule has 1 aromatic rings. The Bertz CT molecular complexity index is 490. The SMILES string of the molecule is CCOCCOc1ccc(Cl)cc1NC(=O)C1CCNCC1. The maximum Gasteiger partial charge on any atom is 0.227 e. The van der Waals surface area contributed by atoms with E-state index in [1.165, 1.54) is 0 Å². The number of halogens is 1. The minimum Gasteiger partial charge on any atom is -0.489 e. The summed E-state index contributed by atoms with van der Waals surface area (Å²) in [6, 6.07) is 5.24. The number of carbonyl (C=O) groups is 1. The number of carbonyl (C=O) groups excluding carboxylic acids is 1. The van der Waals surface area contributed by atoms with Gasteiger partial charge in [-0.25, -0.2) is 0 Å². The van der Waals surface area contributed by atoms with Crippen molar-refractivity contribution in [3.8, 4) is 5.75 Å². The van der Waals surface area contributed by atoms with Gasteiger partial charge in [0.05, 0.1) is 12.3 Å². The van der Waals surface area contributed by atoms with E-state index in [-0.39, 0.29) is 11.8 Å². The number of hydrogen-bond acceptors (Lipinski definition) is 4. The summed E-state index contributed by atoms with van der Waals surface area (Å²) in [7, 11) is 0. The molecule has 0 unspecified atom stereocenters. The minimum absolute atomic E-state index is 0.0263. The molecule has 1 aromatic carbocycles. The molecule has 6 heteroatoms. The van der Waals surface area contributed by atoms with Crippen LogP contribution in [0.2, 0.25) is 5.02 Å². The first-order valence-electron chi connectivity index (χ1n) is 7.72. The number of piperidine rings is 1. The van der Waals surface area contributed by atoms with Crippen molar-refractivity contribution in [2.75, 3.05) is 38.2 Å². The largest absolute Gasteiger partial charge is 0.489 e. The van der Waals surface area contributed by atoms with E-state index < -0.39 is 0 Å². The molecule has 1 saturated heterocycles. The Morgan fingerprint density at radius 3 is 2.86 bits per heavy atom. The smallest absolute Gasteiger partial charge is 0.227 e. The van der Waals surface area contributed by atoms with Crippen LogP contribution in [0.1, 0.15) is 19.8 Å². The van der Waals surface area contributed by atoms with E-state index in [0.717, 1.165) is 25.9 Å². The summed E-state index contributed by atoms with van der Waals surface area (Å²) in [6.45, 7) is 5.31. The van der Waals surface area contributed by atoms with Crippen molar-refractivity contribution in [3.63, 3.8) is 0 Å². The first-order chi connectivity index (χ1) is 10.7. The van der Waals surface area contributed by atoms with Crippen molar-refractivity contribution >= 4 is 23.2 Å². The third kappa shape index (κ3) is 5.16. The summed E-state index contributed by atoms with van der Waals surface area (Å²) in [5.41, 5.74) is 0.618. The molecule has 1 aliphatic rings. The fourth-order valence-electron chi connectivity index (χ4n) is 2.40. The van der Waals surface area contributed by atoms with Crippen molar-refractivity contribution in [1.82, 2.24) is 5.32 Å². The Balaban J connectivity index is 1.98. The molecule has 2 N–H and O–H groups in total. The number of rotatable bonds is 7. The molecule has 0 aromatic heterocycles. The van der Waals surface area contributed by atoms with Crippen LogP contribution >= 0.6 is 11.6 Å². The Labute approximate surface area is 136 Å². The van der Waals surface area contributed by atoms with E-state index in [1.54, 1.807) is 18.2 Å². The van der Waals surface area contributed by atoms with Crippen LogP contribution in [0.25, 0.3) is 0 Å². The van der Waals surface area contributed by atoms with Crippen molar-refractivity contribution in [3.05, 3.63) is 23.2 Å². The van der Waals surface area contributed by atoms with Gasteiger partial charge in [-0.2, -0.15) is 0 Å². The van der Waals surface area contributed by atoms with Gasteiger partial charge in [-0.3, -0.25) is 4.79 Å². The van der Waals surface area contributed by atoms with Crippen LogP contribution in [0.5, 0.6) is 5.75 Å². The highest BCUT2D eigenvalue weighted by Crippen LogP contribution is 2.29. The average molecular weight is 327 g/mol. The predicted octanol–water partition coefficient (Wildman–Crippen LogP) is 2.69. The molecule has 0 saturated carbocycles. The number of benzene rings is 1. The summed E-state index contributed by atoms with van der Waals surface area (Å²) in [6.07, 6.45) is 1.71. The molecule has 0 atom stereocenters. The second kappa shape index (κ2) is 8.98. The zero-order valence-electron chi connectivity index (χ0n) is 12.9. The van der Waals surface area contributed by atoms with Crippen LogP contribution in [-0.4, -0.2) is 38.8 Å². The number of nitrogens with one attached hydrogen (secondary N) is 2. The van der Waals surface area contributed by atoms with Gasteiger partial charge in [-0.05, 0) is 51.1 Å². The van der Waals surface area contributed by atoms with E-state index >= 15 is 0 Å². The maximum atomic E-state index is 12.3. The van der Waals surface area contributed by atoms with E-state index in [4.69, 9.17) is 21.1 Å². The first kappa shape index (κ1) is 17.1. The Morgan fingerprint density at radius 1 is 1.36 bits per heavy atom. The van der Waals surface area contributed by atoms with Crippen molar-refractivity contribution in [2.45, 2.75) is 19.8 Å². The molecule has 0 radical (unpaired) electrons. The topological polar surface area (TPSA) is 59.6 Å². The Morgan fingerprint density at radius 2 is 2.14 bits per heavy atom. The lowest BCUT2D eigenvalue weighted by molar-refractivity contribution is -0.120. The Kier molecular flexibility index (Phi) is 6.96. The quantitative estimate of drug-likeness (QED) is 0.756. The summed E-state index contributed by atoms with van der Waals surface area (Å²) in [4.78, 5) is 12.3. The predicted molar refractivity (Wildman–Crippen MR) is 87.7 cm³/mol. The molecule has 1 heterocycles. The van der Waals surface area contributed by atoms with E-state index in [1.807, 2.05) is 6.92 Å². The van der Waals surface area contributed by atoms with E-state index in [9.17, 15) is 4.79 Å². The van der Waals surface area contributed by atoms with Crippen LogP contribution < -0.4 is 15.4 Å². The molecule has 0 spiro atoms. The molecule has 0 bridgehead atoms. The van der Waals surface area contributed by atoms with E-state index in [2.05, 4.69) is 10.6 Å². The monoisotopic (exact) mass is 326 g/mol. The van der Waals surface area contributed by atoms with Gasteiger partial charge in [0.15, 0.2) is 0 Å². The van der Waals surface area contributed by atoms with Gasteiger partial charge in [-0.15, -0.1) is 0 Å². The zero-order chi connectivity index (χ0) is 15.8. The zero-order valence-corrected chi connectivity index (χ0v) is 13.6. The number of hydrogen-bond donors (Lipinski definition) is 2. The van der Waals surface area contributed by atoms with Gasteiger partial charge >= 0.3 is 0 Å². The maximum absolute atomic E-state index is 12.3. The van der Waals surface area contributed by atoms with Gasteiger partial charge in [-0.1, -0.05) is 11.6 Å². The van der Waals surface area contributed by atoms with Crippen LogP contribution in [0.3, 0.4) is 0 Å². The van der Waals surface area contributed by atoms with Gasteiger partial charge < -0.3 is 20.1 Å². The van der Waals surface area contributed by atoms with Gasteiger partial charge in [0.1, 0.15) is 12.4 Å². The minimum atomic E-state index is 0.0263. The van der Waals surface area contributed by atoms with Crippen molar-refractivity contribution in [2.24, 2.45) is 5.92 Å². The average Bonchev–Trinajstić information content (AvgIpc) is 2.54. The van der Waals surface area contributed by atoms with E-state index in [0.29, 0.717) is 36.3 Å². The number of anilines is 1. The fourth-order valence-corrected chi connectivity index (χ4v) is 2.57. The lowest BCUT2D eigenvalue weighted by Crippen LogP contribution is -2.34. The fraction of sp³-hybridized carbons (Fsp3) is 0.562. The number of ether oxygens (including phenoxy) is 2. The summed E-state index contributed by atoms with van der Waals surface area (Å²) in [5, 5.41) is 6.77. The molecule has 2 rings (SSSR count). The molecule has 1 amide bonds. The second-order valence-electron chi connectivity index (χ2n) is 5.20. The highest BCUT2D eigenvalue weighted by Gasteiger charge is 2.21. The molecular formula is C16H23ClN2O3. The third-order valence-corrected chi connectivity index (χ3v) is 3.83. The van der Waals surface area contributed by atoms with Crippen molar-refractivity contribution < 1.29 is 14.3 Å². The van der Waals surface area contributed by atoms with Gasteiger partial charge in [0.2, 0.25) is 5.91 Å². The van der Waals surface area contributed by atoms with Crippen LogP contribution in [0, 0.1) is 5.92 Å². The first-order valence-corrected chi connectivity index (χ1v) is 8.10. The standard InChI is InChI=1S/C16H23ClN2O3/c1-2-21-9-10-22-15-4-3-13(17)11-14(15)19-16(20)12-5-7-18-8-6-12/h3-4,11-12,18H,2,5-10H2,1H3,(H,19,20). The van der Waals surface area contributed by atoms with Gasteiger partial charge in [0, 0.05) is 17.5 Å². The molecule has 22 heavy (non-hydrogen) atoms. The van der Waals surface area contributed by atoms with Crippen molar-refractivity contribution in [1.29, 1.82) is 0 Å². The third-order valence-electron chi connectivity index (χ3n) is 3.60. The normalized spacial score (nSPS) is 15.5. The second-order valence-corrected chi connectivity index (χ2v) is 5.64. The van der Waals surface area contributed by atoms with Crippen LogP contribution in [-0.2, 0) is 9.53 Å². The van der Waals surface area contributed by atoms with Crippen LogP contribution in [0.4, 0.5) is 5.69 Å². The molecule has 122 valence electrons. The Hall–Kier alpha value is -1.30. The summed E-state index contributed by atoms with van der Waals surface area (Å²) in [5.74, 6) is 0.682. The highest BCUT2D eigenvalue weighted by molar-refractivity contribution is 6.31. The summed E-state index contributed by atoms with van der Waals surface area (Å²) < 4.78 is 10.9. The number of amides is 1. The molecule has 5 nitrogen and oxygen atoms in total. The molecule has 1 fully saturated rings.